The molecule has 0 bridgehead atoms. The lowest BCUT2D eigenvalue weighted by Crippen LogP contribution is -2.47. The Morgan fingerprint density at radius 2 is 2.00 bits per heavy atom. The number of carbonyl (C=O) groups excluding carboxylic acids is 2. The van der Waals surface area contributed by atoms with Crippen molar-refractivity contribution in [2.45, 2.75) is 18.9 Å². The molecule has 0 amide bonds. The van der Waals surface area contributed by atoms with Crippen LogP contribution in [-0.4, -0.2) is 31.5 Å². The first kappa shape index (κ1) is 20.7. The Labute approximate surface area is 194 Å². The summed E-state index contributed by atoms with van der Waals surface area (Å²) in [6.45, 7) is -0.220. The van der Waals surface area contributed by atoms with Crippen molar-refractivity contribution >= 4 is 28.7 Å². The molecule has 174 valence electrons. The van der Waals surface area contributed by atoms with Gasteiger partial charge in [0, 0.05) is 16.5 Å². The van der Waals surface area contributed by atoms with Crippen LogP contribution in [0.1, 0.15) is 27.2 Å². The Hall–Kier alpha value is -4.84. The van der Waals surface area contributed by atoms with Crippen molar-refractivity contribution < 1.29 is 33.5 Å². The molecule has 1 atom stereocenters. The summed E-state index contributed by atoms with van der Waals surface area (Å²) in [6.07, 6.45) is 0. The Morgan fingerprint density at radius 1 is 1.20 bits per heavy atom. The van der Waals surface area contributed by atoms with Crippen LogP contribution in [0.5, 0.6) is 0 Å². The number of rotatable bonds is 3. The summed E-state index contributed by atoms with van der Waals surface area (Å²) in [5, 5.41) is 22.9. The fourth-order valence-corrected chi connectivity index (χ4v) is 4.32. The molecule has 0 unspecified atom stereocenters. The molecule has 4 aromatic rings. The molecule has 1 aromatic carbocycles. The Bertz CT molecular complexity index is 1670. The Morgan fingerprint density at radius 3 is 2.77 bits per heavy atom. The number of aliphatic hydroxyl groups is 1. The minimum atomic E-state index is -2.99. The number of fused-ring (bicyclic) bond motifs is 5. The van der Waals surface area contributed by atoms with Gasteiger partial charge < -0.3 is 23.6 Å². The van der Waals surface area contributed by atoms with Gasteiger partial charge >= 0.3 is 23.6 Å². The van der Waals surface area contributed by atoms with Gasteiger partial charge in [-0.05, 0) is 24.3 Å². The predicted octanol–water partition coefficient (Wildman–Crippen LogP) is 1.99. The number of hydrogen-bond donors (Lipinski definition) is 1. The number of hydrogen-bond acceptors (Lipinski definition) is 10. The number of ether oxygens (including phenoxy) is 2. The summed E-state index contributed by atoms with van der Waals surface area (Å²) in [4.78, 5) is 53.0. The molecule has 35 heavy (non-hydrogen) atoms. The van der Waals surface area contributed by atoms with E-state index in [4.69, 9.17) is 13.9 Å². The number of cyclic esters (lactones) is 1. The van der Waals surface area contributed by atoms with Gasteiger partial charge in [0.15, 0.2) is 0 Å². The molecule has 0 saturated heterocycles. The third kappa shape index (κ3) is 2.97. The number of pyridine rings is 2. The SMILES string of the molecule is O=C(O[C@]1(O)C(=O)OCc2c1cc1n(c2=O)Cc2cc3ccccc3nc2-1)c1ccc([N+](=O)[O-])o1. The molecule has 1 N–H and O–H groups in total. The van der Waals surface area contributed by atoms with Crippen molar-refractivity contribution in [3.05, 3.63) is 91.4 Å². The highest BCUT2D eigenvalue weighted by Gasteiger charge is 2.51. The zero-order valence-corrected chi connectivity index (χ0v) is 17.6. The molecule has 0 radical (unpaired) electrons. The third-order valence-corrected chi connectivity index (χ3v) is 5.98. The number of nitro groups is 1. The van der Waals surface area contributed by atoms with E-state index in [0.29, 0.717) is 16.9 Å². The summed E-state index contributed by atoms with van der Waals surface area (Å²) in [5.74, 6) is -7.03. The maximum Gasteiger partial charge on any atom is 0.433 e. The van der Waals surface area contributed by atoms with Crippen LogP contribution in [0.3, 0.4) is 0 Å². The predicted molar refractivity (Wildman–Crippen MR) is 115 cm³/mol. The Balaban J connectivity index is 1.47. The molecule has 5 heterocycles. The van der Waals surface area contributed by atoms with Crippen LogP contribution in [0.15, 0.2) is 57.7 Å². The standard InChI is InChI=1S/C23H13N3O9/c27-20-13-10-33-22(29)23(30,35-21(28)17-5-6-18(34-17)26(31)32)14(13)8-16-19-12(9-25(16)20)7-11-3-1-2-4-15(11)24-19/h1-8,30H,9-10H2/t23-/m0/s1. The van der Waals surface area contributed by atoms with Crippen molar-refractivity contribution in [3.63, 3.8) is 0 Å². The molecule has 3 aromatic heterocycles. The van der Waals surface area contributed by atoms with E-state index in [9.17, 15) is 29.6 Å². The first-order valence-electron chi connectivity index (χ1n) is 10.3. The average Bonchev–Trinajstić information content (AvgIpc) is 3.46. The van der Waals surface area contributed by atoms with E-state index in [1.807, 2.05) is 30.3 Å². The molecular weight excluding hydrogens is 462 g/mol. The Kier molecular flexibility index (Phi) is 4.19. The topological polar surface area (TPSA) is 164 Å². The molecular formula is C23H13N3O9. The van der Waals surface area contributed by atoms with Gasteiger partial charge in [-0.1, -0.05) is 18.2 Å². The average molecular weight is 475 g/mol. The maximum absolute atomic E-state index is 13.3. The lowest BCUT2D eigenvalue weighted by atomic mass is 9.97. The second-order valence-corrected chi connectivity index (χ2v) is 8.01. The second kappa shape index (κ2) is 7.08. The number of nitrogens with zero attached hydrogens (tertiary/aromatic N) is 3. The fraction of sp³-hybridized carbons (Fsp3) is 0.130. The van der Waals surface area contributed by atoms with Crippen LogP contribution < -0.4 is 5.56 Å². The van der Waals surface area contributed by atoms with Gasteiger partial charge in [-0.15, -0.1) is 0 Å². The van der Waals surface area contributed by atoms with Crippen LogP contribution in [0, 0.1) is 10.1 Å². The van der Waals surface area contributed by atoms with Crippen molar-refractivity contribution in [3.8, 4) is 11.4 Å². The largest absolute Gasteiger partial charge is 0.455 e. The lowest BCUT2D eigenvalue weighted by molar-refractivity contribution is -0.402. The molecule has 2 aliphatic rings. The number of carbonyl (C=O) groups is 2. The smallest absolute Gasteiger partial charge is 0.433 e. The molecule has 6 rings (SSSR count). The van der Waals surface area contributed by atoms with Gasteiger partial charge in [-0.3, -0.25) is 14.9 Å². The normalized spacial score (nSPS) is 17.9. The summed E-state index contributed by atoms with van der Waals surface area (Å²) in [5.41, 5.74) is 1.36. The van der Waals surface area contributed by atoms with Gasteiger partial charge in [0.2, 0.25) is 5.76 Å². The number of furan rings is 1. The number of aromatic nitrogens is 2. The highest BCUT2D eigenvalue weighted by molar-refractivity contribution is 5.91. The van der Waals surface area contributed by atoms with Crippen LogP contribution in [0.25, 0.3) is 22.3 Å². The van der Waals surface area contributed by atoms with Gasteiger partial charge in [-0.2, -0.15) is 0 Å². The van der Waals surface area contributed by atoms with Crippen LogP contribution in [-0.2, 0) is 33.2 Å². The zero-order chi connectivity index (χ0) is 24.5. The van der Waals surface area contributed by atoms with E-state index in [1.165, 1.54) is 10.6 Å². The van der Waals surface area contributed by atoms with E-state index in [0.717, 1.165) is 23.1 Å². The third-order valence-electron chi connectivity index (χ3n) is 5.98. The molecule has 12 nitrogen and oxygen atoms in total. The van der Waals surface area contributed by atoms with Crippen molar-refractivity contribution in [1.29, 1.82) is 0 Å². The summed E-state index contributed by atoms with van der Waals surface area (Å²) >= 11 is 0. The quantitative estimate of drug-likeness (QED) is 0.177. The molecule has 2 aliphatic heterocycles. The summed E-state index contributed by atoms with van der Waals surface area (Å²) < 4.78 is 16.2. The van der Waals surface area contributed by atoms with E-state index in [1.54, 1.807) is 0 Å². The molecule has 0 spiro atoms. The highest BCUT2D eigenvalue weighted by Crippen LogP contribution is 2.38. The van der Waals surface area contributed by atoms with E-state index < -0.39 is 46.5 Å². The van der Waals surface area contributed by atoms with E-state index in [2.05, 4.69) is 4.98 Å². The first-order chi connectivity index (χ1) is 16.8. The first-order valence-corrected chi connectivity index (χ1v) is 10.3. The van der Waals surface area contributed by atoms with E-state index in [-0.39, 0.29) is 17.7 Å². The fourth-order valence-electron chi connectivity index (χ4n) is 4.32. The number of benzene rings is 1. The van der Waals surface area contributed by atoms with Gasteiger partial charge in [-0.25, -0.2) is 14.6 Å². The van der Waals surface area contributed by atoms with Gasteiger partial charge in [0.1, 0.15) is 11.5 Å². The monoisotopic (exact) mass is 475 g/mol. The summed E-state index contributed by atoms with van der Waals surface area (Å²) in [6, 6.07) is 12.5. The van der Waals surface area contributed by atoms with Crippen LogP contribution in [0.2, 0.25) is 0 Å². The number of esters is 2. The minimum Gasteiger partial charge on any atom is -0.455 e. The molecule has 0 saturated carbocycles. The molecule has 12 heteroatoms. The number of para-hydroxylation sites is 1. The lowest BCUT2D eigenvalue weighted by Gasteiger charge is -2.31. The van der Waals surface area contributed by atoms with Crippen molar-refractivity contribution in [2.75, 3.05) is 0 Å². The molecule has 0 fully saturated rings. The zero-order valence-electron chi connectivity index (χ0n) is 17.6. The van der Waals surface area contributed by atoms with Crippen molar-refractivity contribution in [2.24, 2.45) is 0 Å². The van der Waals surface area contributed by atoms with Crippen LogP contribution in [0.4, 0.5) is 5.88 Å². The van der Waals surface area contributed by atoms with Crippen LogP contribution >= 0.6 is 0 Å². The van der Waals surface area contributed by atoms with Gasteiger partial charge in [0.25, 0.3) is 5.56 Å². The maximum atomic E-state index is 13.3. The van der Waals surface area contributed by atoms with Crippen molar-refractivity contribution in [1.82, 2.24) is 9.55 Å². The second-order valence-electron chi connectivity index (χ2n) is 8.01. The minimum absolute atomic E-state index is 0.0774. The van der Waals surface area contributed by atoms with Gasteiger partial charge in [0.05, 0.1) is 35.1 Å². The highest BCUT2D eigenvalue weighted by atomic mass is 16.7. The summed E-state index contributed by atoms with van der Waals surface area (Å²) in [7, 11) is 0. The van der Waals surface area contributed by atoms with E-state index >= 15 is 0 Å². The molecule has 0 aliphatic carbocycles.